The molecular weight excluding hydrogens is 285 g/mol. The highest BCUT2D eigenvalue weighted by Crippen LogP contribution is 2.29. The second-order valence-electron chi connectivity index (χ2n) is 4.48. The number of nitriles is 1. The maximum atomic E-state index is 9.46. The highest BCUT2D eigenvalue weighted by molar-refractivity contribution is 6.06. The van der Waals surface area contributed by atoms with Crippen molar-refractivity contribution in [1.82, 2.24) is 9.78 Å². The molecule has 2 rings (SSSR count). The lowest BCUT2D eigenvalue weighted by atomic mass is 10.0. The third-order valence-corrected chi connectivity index (χ3v) is 3.26. The van der Waals surface area contributed by atoms with Gasteiger partial charge in [0.1, 0.15) is 23.1 Å². The summed E-state index contributed by atoms with van der Waals surface area (Å²) >= 11 is 0. The quantitative estimate of drug-likeness (QED) is 0.485. The van der Waals surface area contributed by atoms with Gasteiger partial charge >= 0.3 is 8.05 Å². The van der Waals surface area contributed by atoms with Crippen LogP contribution in [0, 0.1) is 25.2 Å². The summed E-state index contributed by atoms with van der Waals surface area (Å²) in [4.78, 5) is 0. The lowest BCUT2D eigenvalue weighted by Gasteiger charge is -2.12. The molecule has 0 aliphatic carbocycles. The maximum absolute atomic E-state index is 9.46. The number of allylic oxidation sites excluding steroid dienone is 1. The van der Waals surface area contributed by atoms with E-state index in [1.54, 1.807) is 11.7 Å². The van der Waals surface area contributed by atoms with Crippen molar-refractivity contribution in [2.45, 2.75) is 35.1 Å². The number of nitrogens with zero attached hydrogens (tertiary/aromatic N) is 3. The highest BCUT2D eigenvalue weighted by atomic mass is 16.4. The predicted molar refractivity (Wildman–Crippen MR) is 96.5 cm³/mol. The summed E-state index contributed by atoms with van der Waals surface area (Å²) < 4.78 is 6.69. The van der Waals surface area contributed by atoms with Crippen molar-refractivity contribution in [2.75, 3.05) is 0 Å². The molecule has 0 fully saturated rings. The SMILES string of the molecule is C.CC.[B]OC(=C(C#N)c1ccccc1)c1c(C)c(C)nn1C. The summed E-state index contributed by atoms with van der Waals surface area (Å²) in [6, 6.07) is 11.5. The van der Waals surface area contributed by atoms with Crippen LogP contribution in [0.3, 0.4) is 0 Å². The molecule has 120 valence electrons. The molecular formula is C18H24BN3O. The Bertz CT molecular complexity index is 697. The zero-order chi connectivity index (χ0) is 16.7. The van der Waals surface area contributed by atoms with Gasteiger partial charge in [-0.25, -0.2) is 0 Å². The van der Waals surface area contributed by atoms with Crippen LogP contribution in [0.15, 0.2) is 30.3 Å². The van der Waals surface area contributed by atoms with E-state index in [0.29, 0.717) is 17.0 Å². The Morgan fingerprint density at radius 1 is 1.22 bits per heavy atom. The Balaban J connectivity index is 0.00000155. The van der Waals surface area contributed by atoms with Crippen molar-refractivity contribution in [1.29, 1.82) is 5.26 Å². The van der Waals surface area contributed by atoms with Gasteiger partial charge in [-0.3, -0.25) is 4.68 Å². The first-order valence-corrected chi connectivity index (χ1v) is 7.17. The summed E-state index contributed by atoms with van der Waals surface area (Å²) in [5.74, 6) is 0.333. The molecule has 0 amide bonds. The summed E-state index contributed by atoms with van der Waals surface area (Å²) in [7, 11) is 7.22. The van der Waals surface area contributed by atoms with Crippen LogP contribution in [0.5, 0.6) is 0 Å². The molecule has 0 saturated carbocycles. The summed E-state index contributed by atoms with van der Waals surface area (Å²) in [6.45, 7) is 7.83. The summed E-state index contributed by atoms with van der Waals surface area (Å²) in [6.07, 6.45) is 0. The Labute approximate surface area is 140 Å². The van der Waals surface area contributed by atoms with Gasteiger partial charge in [0.2, 0.25) is 0 Å². The third-order valence-electron chi connectivity index (χ3n) is 3.26. The van der Waals surface area contributed by atoms with Gasteiger partial charge in [-0.2, -0.15) is 10.4 Å². The van der Waals surface area contributed by atoms with Gasteiger partial charge < -0.3 is 4.65 Å². The van der Waals surface area contributed by atoms with E-state index in [1.807, 2.05) is 58.0 Å². The fraction of sp³-hybridized carbons (Fsp3) is 0.333. The average molecular weight is 309 g/mol. The van der Waals surface area contributed by atoms with Crippen molar-refractivity contribution >= 4 is 19.4 Å². The van der Waals surface area contributed by atoms with Gasteiger partial charge in [0.15, 0.2) is 0 Å². The third kappa shape index (κ3) is 4.26. The molecule has 2 aromatic rings. The highest BCUT2D eigenvalue weighted by Gasteiger charge is 2.19. The molecule has 0 bridgehead atoms. The number of benzene rings is 1. The number of rotatable bonds is 3. The van der Waals surface area contributed by atoms with Gasteiger partial charge in [-0.05, 0) is 19.4 Å². The normalized spacial score (nSPS) is 10.4. The molecule has 1 aromatic heterocycles. The van der Waals surface area contributed by atoms with Gasteiger partial charge in [0.25, 0.3) is 0 Å². The topological polar surface area (TPSA) is 50.8 Å². The lowest BCUT2D eigenvalue weighted by molar-refractivity contribution is 0.559. The van der Waals surface area contributed by atoms with Gasteiger partial charge in [0, 0.05) is 12.6 Å². The minimum absolute atomic E-state index is 0. The van der Waals surface area contributed by atoms with E-state index in [0.717, 1.165) is 16.8 Å². The molecule has 0 aliphatic rings. The van der Waals surface area contributed by atoms with Gasteiger partial charge in [0.05, 0.1) is 5.69 Å². The predicted octanol–water partition coefficient (Wildman–Crippen LogP) is 4.19. The Hall–Kier alpha value is -2.48. The molecule has 1 aromatic carbocycles. The first-order chi connectivity index (χ1) is 10.6. The van der Waals surface area contributed by atoms with Crippen LogP contribution >= 0.6 is 0 Å². The first kappa shape index (κ1) is 20.5. The van der Waals surface area contributed by atoms with Crippen molar-refractivity contribution in [3.05, 3.63) is 52.8 Å². The fourth-order valence-corrected chi connectivity index (χ4v) is 2.17. The van der Waals surface area contributed by atoms with E-state index in [4.69, 9.17) is 12.7 Å². The van der Waals surface area contributed by atoms with E-state index in [9.17, 15) is 5.26 Å². The standard InChI is InChI=1S/C15H14BN3O.C2H6.CH4/c1-10-11(2)18-19(3)14(10)15(20-16)13(9-17)12-7-5-4-6-8-12;1-2;/h4-8H,1-3H3;1-2H3;1H4. The van der Waals surface area contributed by atoms with E-state index < -0.39 is 0 Å². The molecule has 5 heteroatoms. The number of hydrogen-bond donors (Lipinski definition) is 0. The molecule has 0 aliphatic heterocycles. The van der Waals surface area contributed by atoms with Crippen LogP contribution in [0.2, 0.25) is 0 Å². The largest absolute Gasteiger partial charge is 0.565 e. The molecule has 0 spiro atoms. The maximum Gasteiger partial charge on any atom is 0.374 e. The summed E-state index contributed by atoms with van der Waals surface area (Å²) in [5.41, 5.74) is 3.68. The van der Waals surface area contributed by atoms with E-state index in [-0.39, 0.29) is 7.43 Å². The van der Waals surface area contributed by atoms with E-state index in [1.165, 1.54) is 0 Å². The van der Waals surface area contributed by atoms with Gasteiger partial charge in [-0.1, -0.05) is 51.6 Å². The van der Waals surface area contributed by atoms with Crippen LogP contribution < -0.4 is 0 Å². The average Bonchev–Trinajstić information content (AvgIpc) is 2.81. The van der Waals surface area contributed by atoms with Crippen LogP contribution in [0.4, 0.5) is 0 Å². The van der Waals surface area contributed by atoms with E-state index in [2.05, 4.69) is 11.2 Å². The van der Waals surface area contributed by atoms with Crippen molar-refractivity contribution in [3.63, 3.8) is 0 Å². The smallest absolute Gasteiger partial charge is 0.374 e. The van der Waals surface area contributed by atoms with Gasteiger partial charge in [-0.15, -0.1) is 0 Å². The number of aryl methyl sites for hydroxylation is 2. The van der Waals surface area contributed by atoms with Crippen LogP contribution in [-0.2, 0) is 11.7 Å². The Morgan fingerprint density at radius 3 is 2.17 bits per heavy atom. The van der Waals surface area contributed by atoms with Crippen molar-refractivity contribution in [3.8, 4) is 6.07 Å². The molecule has 0 atom stereocenters. The van der Waals surface area contributed by atoms with Crippen LogP contribution in [0.25, 0.3) is 11.3 Å². The second-order valence-corrected chi connectivity index (χ2v) is 4.48. The fourth-order valence-electron chi connectivity index (χ4n) is 2.17. The number of aromatic nitrogens is 2. The molecule has 1 heterocycles. The lowest BCUT2D eigenvalue weighted by Crippen LogP contribution is -2.03. The summed E-state index contributed by atoms with van der Waals surface area (Å²) in [5, 5.41) is 13.8. The van der Waals surface area contributed by atoms with Crippen LogP contribution in [-0.4, -0.2) is 17.8 Å². The molecule has 2 radical (unpaired) electrons. The molecule has 0 N–H and O–H groups in total. The van der Waals surface area contributed by atoms with Crippen LogP contribution in [0.1, 0.15) is 43.8 Å². The zero-order valence-electron chi connectivity index (χ0n) is 13.7. The molecule has 0 saturated heterocycles. The minimum Gasteiger partial charge on any atom is -0.565 e. The first-order valence-electron chi connectivity index (χ1n) is 7.17. The monoisotopic (exact) mass is 309 g/mol. The Morgan fingerprint density at radius 2 is 1.78 bits per heavy atom. The second kappa shape index (κ2) is 9.52. The zero-order valence-corrected chi connectivity index (χ0v) is 13.7. The molecule has 4 nitrogen and oxygen atoms in total. The molecule has 23 heavy (non-hydrogen) atoms. The van der Waals surface area contributed by atoms with Crippen molar-refractivity contribution in [2.24, 2.45) is 7.05 Å². The van der Waals surface area contributed by atoms with E-state index >= 15 is 0 Å². The molecule has 0 unspecified atom stereocenters. The van der Waals surface area contributed by atoms with Crippen molar-refractivity contribution < 1.29 is 4.65 Å². The Kier molecular flexibility index (Phi) is 8.50. The number of hydrogen-bond acceptors (Lipinski definition) is 3. The minimum atomic E-state index is 0.